The van der Waals surface area contributed by atoms with Crippen molar-refractivity contribution in [2.75, 3.05) is 26.4 Å². The molecule has 2 aliphatic rings. The minimum atomic E-state index is -0.407. The van der Waals surface area contributed by atoms with Gasteiger partial charge in [0.05, 0.1) is 39.3 Å². The Bertz CT molecular complexity index is 844. The summed E-state index contributed by atoms with van der Waals surface area (Å²) in [7, 11) is 0. The number of esters is 4. The molecule has 0 aromatic rings. The summed E-state index contributed by atoms with van der Waals surface area (Å²) in [4.78, 5) is 48.2. The van der Waals surface area contributed by atoms with Gasteiger partial charge in [0.15, 0.2) is 0 Å². The van der Waals surface area contributed by atoms with Crippen LogP contribution in [0.4, 0.5) is 0 Å². The number of ether oxygens (including phenoxy) is 4. The Balaban J connectivity index is 1.78. The quantitative estimate of drug-likeness (QED) is 0.0480. The smallest absolute Gasteiger partial charge is 0.330 e. The zero-order chi connectivity index (χ0) is 32.8. The Morgan fingerprint density at radius 2 is 1.00 bits per heavy atom. The van der Waals surface area contributed by atoms with E-state index >= 15 is 0 Å². The van der Waals surface area contributed by atoms with Crippen LogP contribution in [0.1, 0.15) is 135 Å². The molecule has 0 aromatic carbocycles. The second-order valence-electron chi connectivity index (χ2n) is 13.3. The molecule has 0 spiro atoms. The molecule has 0 aromatic heterocycles. The normalized spacial score (nSPS) is 19.7. The topological polar surface area (TPSA) is 105 Å². The van der Waals surface area contributed by atoms with E-state index in [9.17, 15) is 19.2 Å². The number of unbranched alkanes of at least 4 members (excludes halogenated alkanes) is 6. The maximum Gasteiger partial charge on any atom is 0.330 e. The maximum atomic E-state index is 13.0. The van der Waals surface area contributed by atoms with Crippen molar-refractivity contribution < 1.29 is 38.1 Å². The lowest BCUT2D eigenvalue weighted by Crippen LogP contribution is -2.36. The molecule has 2 rings (SSSR count). The molecule has 0 atom stereocenters. The minimum absolute atomic E-state index is 0.224. The zero-order valence-corrected chi connectivity index (χ0v) is 28.0. The van der Waals surface area contributed by atoms with Crippen molar-refractivity contribution in [3.8, 4) is 0 Å². The van der Waals surface area contributed by atoms with Gasteiger partial charge in [0, 0.05) is 12.2 Å². The molecule has 8 heteroatoms. The van der Waals surface area contributed by atoms with Crippen LogP contribution in [0.25, 0.3) is 0 Å². The highest BCUT2D eigenvalue weighted by atomic mass is 16.5. The highest BCUT2D eigenvalue weighted by molar-refractivity contribution is 5.81. The monoisotopic (exact) mass is 632 g/mol. The van der Waals surface area contributed by atoms with Crippen molar-refractivity contribution in [1.82, 2.24) is 0 Å². The van der Waals surface area contributed by atoms with Crippen LogP contribution >= 0.6 is 0 Å². The zero-order valence-electron chi connectivity index (χ0n) is 28.0. The van der Waals surface area contributed by atoms with Crippen molar-refractivity contribution in [2.45, 2.75) is 135 Å². The Kier molecular flexibility index (Phi) is 19.5. The third-order valence-electron chi connectivity index (χ3n) is 9.81. The summed E-state index contributed by atoms with van der Waals surface area (Å²) in [5.74, 6) is 1.09. The van der Waals surface area contributed by atoms with Crippen LogP contribution in [-0.4, -0.2) is 50.3 Å². The maximum absolute atomic E-state index is 13.0. The summed E-state index contributed by atoms with van der Waals surface area (Å²) >= 11 is 0. The van der Waals surface area contributed by atoms with Crippen molar-refractivity contribution in [3.05, 3.63) is 25.3 Å². The number of carbonyl (C=O) groups excluding carboxylic acids is 4. The number of hydrogen-bond donors (Lipinski definition) is 0. The lowest BCUT2D eigenvalue weighted by atomic mass is 9.62. The molecule has 8 nitrogen and oxygen atoms in total. The molecule has 0 bridgehead atoms. The molecule has 0 N–H and O–H groups in total. The first-order chi connectivity index (χ1) is 21.8. The molecular weight excluding hydrogens is 572 g/mol. The van der Waals surface area contributed by atoms with Gasteiger partial charge in [-0.05, 0) is 113 Å². The molecule has 0 unspecified atom stereocenters. The number of hydrogen-bond acceptors (Lipinski definition) is 8. The van der Waals surface area contributed by atoms with E-state index in [1.165, 1.54) is 38.5 Å². The predicted molar refractivity (Wildman–Crippen MR) is 175 cm³/mol. The molecule has 2 saturated carbocycles. The molecule has 0 heterocycles. The summed E-state index contributed by atoms with van der Waals surface area (Å²) in [5, 5.41) is 0. The van der Waals surface area contributed by atoms with E-state index < -0.39 is 17.4 Å². The van der Waals surface area contributed by atoms with Crippen LogP contribution in [0, 0.1) is 23.2 Å². The Morgan fingerprint density at radius 3 is 1.40 bits per heavy atom. The third kappa shape index (κ3) is 16.5. The minimum Gasteiger partial charge on any atom is -0.466 e. The predicted octanol–water partition coefficient (Wildman–Crippen LogP) is 8.22. The molecular formula is C37H60O8. The largest absolute Gasteiger partial charge is 0.466 e. The van der Waals surface area contributed by atoms with Crippen LogP contribution in [0.15, 0.2) is 25.3 Å². The van der Waals surface area contributed by atoms with Gasteiger partial charge in [0.1, 0.15) is 0 Å². The van der Waals surface area contributed by atoms with Gasteiger partial charge in [-0.2, -0.15) is 0 Å². The van der Waals surface area contributed by atoms with E-state index in [1.54, 1.807) is 0 Å². The summed E-state index contributed by atoms with van der Waals surface area (Å²) in [5.41, 5.74) is -0.395. The fourth-order valence-corrected chi connectivity index (χ4v) is 7.16. The molecule has 2 fully saturated rings. The lowest BCUT2D eigenvalue weighted by molar-refractivity contribution is -0.152. The van der Waals surface area contributed by atoms with Gasteiger partial charge >= 0.3 is 23.9 Å². The van der Waals surface area contributed by atoms with Crippen LogP contribution < -0.4 is 0 Å². The Labute approximate surface area is 272 Å². The van der Waals surface area contributed by atoms with E-state index in [0.717, 1.165) is 101 Å². The Hall–Kier alpha value is -2.64. The molecule has 0 saturated heterocycles. The fraction of sp³-hybridized carbons (Fsp3) is 0.784. The SMILES string of the molecule is C=CC(=O)OCCCCCCOC(=O)CC1(CC(=O)OCCCCCCOC(=O)C=C)CCC(C2CCC(CCC)CC2)CC1. The number of carbonyl (C=O) groups is 4. The van der Waals surface area contributed by atoms with Gasteiger partial charge in [-0.15, -0.1) is 0 Å². The second kappa shape index (κ2) is 22.8. The first kappa shape index (κ1) is 38.5. The van der Waals surface area contributed by atoms with E-state index in [2.05, 4.69) is 20.1 Å². The molecule has 0 radical (unpaired) electrons. The van der Waals surface area contributed by atoms with Crippen molar-refractivity contribution in [1.29, 1.82) is 0 Å². The van der Waals surface area contributed by atoms with E-state index in [4.69, 9.17) is 18.9 Å². The van der Waals surface area contributed by atoms with Gasteiger partial charge in [-0.1, -0.05) is 45.8 Å². The fourth-order valence-electron chi connectivity index (χ4n) is 7.16. The highest BCUT2D eigenvalue weighted by Gasteiger charge is 2.42. The molecule has 256 valence electrons. The van der Waals surface area contributed by atoms with E-state index in [1.807, 2.05) is 0 Å². The van der Waals surface area contributed by atoms with Crippen LogP contribution in [-0.2, 0) is 38.1 Å². The van der Waals surface area contributed by atoms with Crippen molar-refractivity contribution in [2.24, 2.45) is 23.2 Å². The number of rotatable bonds is 23. The average Bonchev–Trinajstić information content (AvgIpc) is 3.04. The van der Waals surface area contributed by atoms with Crippen LogP contribution in [0.2, 0.25) is 0 Å². The average molecular weight is 633 g/mol. The second-order valence-corrected chi connectivity index (χ2v) is 13.3. The van der Waals surface area contributed by atoms with Gasteiger partial charge < -0.3 is 18.9 Å². The van der Waals surface area contributed by atoms with Crippen molar-refractivity contribution >= 4 is 23.9 Å². The van der Waals surface area contributed by atoms with Gasteiger partial charge in [0.25, 0.3) is 0 Å². The first-order valence-electron chi connectivity index (χ1n) is 17.7. The highest BCUT2D eigenvalue weighted by Crippen LogP contribution is 2.49. The first-order valence-corrected chi connectivity index (χ1v) is 17.7. The standard InChI is InChI=1S/C37H60O8/c1-4-15-30-16-18-31(19-17-30)32-20-22-37(23-21-32,28-35(40)44-26-13-9-7-11-24-42-33(38)5-2)29-36(41)45-27-14-10-8-12-25-43-34(39)6-3/h5-6,30-32H,2-4,7-29H2,1H3. The van der Waals surface area contributed by atoms with E-state index in [-0.39, 0.29) is 24.8 Å². The third-order valence-corrected chi connectivity index (χ3v) is 9.81. The van der Waals surface area contributed by atoms with Gasteiger partial charge in [0.2, 0.25) is 0 Å². The summed E-state index contributed by atoms with van der Waals surface area (Å²) in [6.07, 6.45) is 21.3. The van der Waals surface area contributed by atoms with Crippen molar-refractivity contribution in [3.63, 3.8) is 0 Å². The molecule has 45 heavy (non-hydrogen) atoms. The summed E-state index contributed by atoms with van der Waals surface area (Å²) in [6.45, 7) is 10.5. The molecule has 0 amide bonds. The van der Waals surface area contributed by atoms with E-state index in [0.29, 0.717) is 32.3 Å². The summed E-state index contributed by atoms with van der Waals surface area (Å²) < 4.78 is 21.2. The lowest BCUT2D eigenvalue weighted by Gasteiger charge is -2.43. The van der Waals surface area contributed by atoms with Gasteiger partial charge in [-0.25, -0.2) is 9.59 Å². The molecule has 0 aliphatic heterocycles. The van der Waals surface area contributed by atoms with Crippen LogP contribution in [0.3, 0.4) is 0 Å². The van der Waals surface area contributed by atoms with Crippen LogP contribution in [0.5, 0.6) is 0 Å². The molecule has 2 aliphatic carbocycles. The van der Waals surface area contributed by atoms with Gasteiger partial charge in [-0.3, -0.25) is 9.59 Å². The Morgan fingerprint density at radius 1 is 0.600 bits per heavy atom. The summed E-state index contributed by atoms with van der Waals surface area (Å²) in [6, 6.07) is 0.